The quantitative estimate of drug-likeness (QED) is 0.621. The first-order valence-electron chi connectivity index (χ1n) is 8.37. The number of aromatic nitrogens is 3. The summed E-state index contributed by atoms with van der Waals surface area (Å²) in [5, 5.41) is 22.0. The summed E-state index contributed by atoms with van der Waals surface area (Å²) in [4.78, 5) is 6.26. The molecule has 3 heterocycles. The second-order valence-electron chi connectivity index (χ2n) is 6.42. The molecule has 1 aliphatic heterocycles. The van der Waals surface area contributed by atoms with E-state index < -0.39 is 12.4 Å². The van der Waals surface area contributed by atoms with Gasteiger partial charge in [0.15, 0.2) is 0 Å². The minimum absolute atomic E-state index is 0.384. The smallest absolute Gasteiger partial charge is 0.138 e. The van der Waals surface area contributed by atoms with E-state index in [1.807, 2.05) is 29.3 Å². The van der Waals surface area contributed by atoms with Crippen molar-refractivity contribution in [3.8, 4) is 11.1 Å². The van der Waals surface area contributed by atoms with E-state index in [1.54, 1.807) is 12.4 Å². The van der Waals surface area contributed by atoms with Gasteiger partial charge >= 0.3 is 0 Å². The highest BCUT2D eigenvalue weighted by Crippen LogP contribution is 2.25. The van der Waals surface area contributed by atoms with Crippen LogP contribution < -0.4 is 5.32 Å². The molecule has 1 saturated heterocycles. The van der Waals surface area contributed by atoms with Crippen molar-refractivity contribution in [3.63, 3.8) is 0 Å². The van der Waals surface area contributed by atoms with Crippen LogP contribution in [0.25, 0.3) is 21.9 Å². The summed E-state index contributed by atoms with van der Waals surface area (Å²) in [6.45, 7) is 1.45. The molecule has 1 unspecified atom stereocenters. The Kier molecular flexibility index (Phi) is 4.33. The Morgan fingerprint density at radius 1 is 1.28 bits per heavy atom. The topological polar surface area (TPSA) is 77.1 Å². The van der Waals surface area contributed by atoms with E-state index in [4.69, 9.17) is 0 Å². The number of fused-ring (bicyclic) bond motifs is 1. The Morgan fingerprint density at radius 2 is 2.20 bits per heavy atom. The molecule has 0 spiro atoms. The number of H-pyrrole nitrogens is 1. The minimum Gasteiger partial charge on any atom is -0.372 e. The highest BCUT2D eigenvalue weighted by atomic mass is 19.1. The van der Waals surface area contributed by atoms with Crippen molar-refractivity contribution in [2.75, 3.05) is 25.0 Å². The Labute approximate surface area is 144 Å². The third kappa shape index (κ3) is 3.62. The lowest BCUT2D eigenvalue weighted by atomic mass is 10.1. The number of alkyl halides is 1. The average Bonchev–Trinajstić information content (AvgIpc) is 3.26. The number of hydrogen-bond acceptors (Lipinski definition) is 5. The van der Waals surface area contributed by atoms with Crippen molar-refractivity contribution in [1.29, 1.82) is 0 Å². The van der Waals surface area contributed by atoms with Gasteiger partial charge in [0.25, 0.3) is 0 Å². The average molecular weight is 341 g/mol. The molecule has 1 aromatic carbocycles. The van der Waals surface area contributed by atoms with E-state index in [0.717, 1.165) is 21.9 Å². The minimum atomic E-state index is -0.785. The number of β-amino-alcohol motifs (C(OH)–C–C–N with tert-alkyl or cyclic N) is 1. The highest BCUT2D eigenvalue weighted by Gasteiger charge is 2.23. The molecule has 2 atom stereocenters. The molecule has 130 valence electrons. The van der Waals surface area contributed by atoms with Crippen LogP contribution in [0.3, 0.4) is 0 Å². The second kappa shape index (κ2) is 6.78. The molecule has 2 aromatic heterocycles. The Balaban J connectivity index is 1.49. The molecule has 1 fully saturated rings. The van der Waals surface area contributed by atoms with Gasteiger partial charge in [-0.1, -0.05) is 12.1 Å². The maximum Gasteiger partial charge on any atom is 0.138 e. The fourth-order valence-electron chi connectivity index (χ4n) is 3.22. The van der Waals surface area contributed by atoms with E-state index in [9.17, 15) is 9.50 Å². The summed E-state index contributed by atoms with van der Waals surface area (Å²) < 4.78 is 13.2. The number of aliphatic hydroxyl groups excluding tert-OH is 1. The zero-order valence-electron chi connectivity index (χ0n) is 13.7. The molecule has 6 nitrogen and oxygen atoms in total. The number of nitrogens with zero attached hydrogens (tertiary/aromatic N) is 3. The largest absolute Gasteiger partial charge is 0.372 e. The van der Waals surface area contributed by atoms with Crippen molar-refractivity contribution in [3.05, 3.63) is 42.9 Å². The molecule has 25 heavy (non-hydrogen) atoms. The van der Waals surface area contributed by atoms with Gasteiger partial charge in [-0.05, 0) is 29.5 Å². The highest BCUT2D eigenvalue weighted by molar-refractivity contribution is 5.88. The number of pyridine rings is 1. The van der Waals surface area contributed by atoms with Crippen LogP contribution in [-0.4, -0.2) is 57.2 Å². The van der Waals surface area contributed by atoms with Gasteiger partial charge in [0, 0.05) is 43.0 Å². The van der Waals surface area contributed by atoms with Gasteiger partial charge in [0.05, 0.1) is 6.20 Å². The molecule has 1 aliphatic rings. The summed E-state index contributed by atoms with van der Waals surface area (Å²) in [5.41, 5.74) is 2.08. The van der Waals surface area contributed by atoms with Crippen molar-refractivity contribution in [2.45, 2.75) is 18.8 Å². The van der Waals surface area contributed by atoms with Crippen LogP contribution in [0.1, 0.15) is 6.42 Å². The number of aromatic amines is 1. The van der Waals surface area contributed by atoms with Crippen LogP contribution in [-0.2, 0) is 0 Å². The lowest BCUT2D eigenvalue weighted by molar-refractivity contribution is 0.143. The first-order chi connectivity index (χ1) is 12.2. The van der Waals surface area contributed by atoms with E-state index >= 15 is 0 Å². The van der Waals surface area contributed by atoms with Gasteiger partial charge in [0.1, 0.15) is 18.2 Å². The summed E-state index contributed by atoms with van der Waals surface area (Å²) in [7, 11) is 0. The molecule has 0 saturated carbocycles. The van der Waals surface area contributed by atoms with E-state index in [2.05, 4.69) is 26.6 Å². The maximum absolute atomic E-state index is 13.2. The zero-order chi connectivity index (χ0) is 17.2. The lowest BCUT2D eigenvalue weighted by Crippen LogP contribution is -2.35. The van der Waals surface area contributed by atoms with Gasteiger partial charge in [-0.3, -0.25) is 10.00 Å². The number of benzene rings is 1. The predicted molar refractivity (Wildman–Crippen MR) is 94.9 cm³/mol. The third-order valence-corrected chi connectivity index (χ3v) is 4.51. The maximum atomic E-state index is 13.2. The molecule has 0 amide bonds. The van der Waals surface area contributed by atoms with Gasteiger partial charge in [0.2, 0.25) is 0 Å². The van der Waals surface area contributed by atoms with Crippen LogP contribution in [0.4, 0.5) is 10.2 Å². The van der Waals surface area contributed by atoms with Gasteiger partial charge < -0.3 is 10.4 Å². The van der Waals surface area contributed by atoms with Gasteiger partial charge in [-0.25, -0.2) is 9.37 Å². The van der Waals surface area contributed by atoms with Gasteiger partial charge in [-0.15, -0.1) is 0 Å². The number of halogens is 1. The normalized spacial score (nSPS) is 19.4. The van der Waals surface area contributed by atoms with E-state index in [1.165, 1.54) is 0 Å². The number of rotatable bonds is 5. The van der Waals surface area contributed by atoms with Gasteiger partial charge in [-0.2, -0.15) is 5.10 Å². The first-order valence-corrected chi connectivity index (χ1v) is 8.37. The van der Waals surface area contributed by atoms with Crippen molar-refractivity contribution in [1.82, 2.24) is 20.1 Å². The predicted octanol–water partition coefficient (Wildman–Crippen LogP) is 2.40. The van der Waals surface area contributed by atoms with E-state index in [0.29, 0.717) is 31.9 Å². The lowest BCUT2D eigenvalue weighted by Gasteiger charge is -2.20. The number of anilines is 1. The summed E-state index contributed by atoms with van der Waals surface area (Å²) in [6, 6.07) is 8.01. The molecule has 7 heteroatoms. The van der Waals surface area contributed by atoms with E-state index in [-0.39, 0.29) is 0 Å². The fourth-order valence-corrected chi connectivity index (χ4v) is 3.22. The number of nitrogens with one attached hydrogen (secondary N) is 2. The summed E-state index contributed by atoms with van der Waals surface area (Å²) >= 11 is 0. The molecular weight excluding hydrogens is 321 g/mol. The second-order valence-corrected chi connectivity index (χ2v) is 6.42. The molecular formula is C18H20FN5O. The molecule has 0 radical (unpaired) electrons. The molecule has 3 aromatic rings. The summed E-state index contributed by atoms with van der Waals surface area (Å²) in [5.74, 6) is 0.598. The van der Waals surface area contributed by atoms with Crippen LogP contribution in [0, 0.1) is 0 Å². The number of aliphatic hydroxyl groups is 1. The van der Waals surface area contributed by atoms with Crippen LogP contribution >= 0.6 is 0 Å². The Morgan fingerprint density at radius 3 is 2.96 bits per heavy atom. The standard InChI is InChI=1S/C18H20FN5O/c19-16-3-4-24(10-16)11-18(25)23-17-6-14-5-12(15-8-21-22-9-15)1-2-13(14)7-20-17/h1-2,5-9,16,18,25H,3-4,10-11H2,(H,20,23)(H,21,22)/t16-,18?/m0/s1. The van der Waals surface area contributed by atoms with Crippen molar-refractivity contribution < 1.29 is 9.50 Å². The fraction of sp³-hybridized carbons (Fsp3) is 0.333. The monoisotopic (exact) mass is 341 g/mol. The zero-order valence-corrected chi connectivity index (χ0v) is 13.7. The summed E-state index contributed by atoms with van der Waals surface area (Å²) in [6.07, 6.45) is 4.37. The number of hydrogen-bond donors (Lipinski definition) is 3. The van der Waals surface area contributed by atoms with Crippen molar-refractivity contribution >= 4 is 16.6 Å². The molecule has 0 aliphatic carbocycles. The van der Waals surface area contributed by atoms with Crippen LogP contribution in [0.15, 0.2) is 42.9 Å². The SMILES string of the molecule is OC(CN1CC[C@H](F)C1)Nc1cc2cc(-c3cn[nH]c3)ccc2cn1. The Bertz CT molecular complexity index is 854. The third-order valence-electron chi connectivity index (χ3n) is 4.51. The number of likely N-dealkylation sites (tertiary alicyclic amines) is 1. The Hall–Kier alpha value is -2.51. The molecule has 3 N–H and O–H groups in total. The van der Waals surface area contributed by atoms with Crippen LogP contribution in [0.5, 0.6) is 0 Å². The first kappa shape index (κ1) is 16.0. The molecule has 0 bridgehead atoms. The van der Waals surface area contributed by atoms with Crippen molar-refractivity contribution in [2.24, 2.45) is 0 Å². The molecule has 4 rings (SSSR count). The van der Waals surface area contributed by atoms with Crippen LogP contribution in [0.2, 0.25) is 0 Å².